The van der Waals surface area contributed by atoms with Gasteiger partial charge in [0.1, 0.15) is 6.67 Å². The molecule has 3 rings (SSSR count). The van der Waals surface area contributed by atoms with Crippen molar-refractivity contribution < 1.29 is 19.8 Å². The summed E-state index contributed by atoms with van der Waals surface area (Å²) in [5, 5.41) is 18.4. The van der Waals surface area contributed by atoms with E-state index in [1.807, 2.05) is 24.3 Å². The number of carboxylic acid groups (broad SMARTS) is 2. The molecule has 2 aliphatic rings. The third kappa shape index (κ3) is 1.71. The van der Waals surface area contributed by atoms with E-state index in [4.69, 9.17) is 5.11 Å². The second-order valence-corrected chi connectivity index (χ2v) is 5.18. The smallest absolute Gasteiger partial charge is 0.409 e. The van der Waals surface area contributed by atoms with Crippen LogP contribution in [0.25, 0.3) is 0 Å². The maximum Gasteiger partial charge on any atom is 0.409 e. The number of fused-ring (bicyclic) bond motifs is 1. The molecule has 2 N–H and O–H groups in total. The minimum Gasteiger partial charge on any atom is -0.465 e. The molecule has 1 spiro atoms. The van der Waals surface area contributed by atoms with E-state index in [-0.39, 0.29) is 13.2 Å². The summed E-state index contributed by atoms with van der Waals surface area (Å²) < 4.78 is 0. The molecule has 1 aliphatic heterocycles. The van der Waals surface area contributed by atoms with E-state index in [1.54, 1.807) is 0 Å². The fraction of sp³-hybridized carbons (Fsp3) is 0.385. The van der Waals surface area contributed by atoms with Gasteiger partial charge in [-0.15, -0.1) is 0 Å². The van der Waals surface area contributed by atoms with Crippen LogP contribution in [0.5, 0.6) is 0 Å². The average Bonchev–Trinajstić information content (AvgIpc) is 2.90. The highest BCUT2D eigenvalue weighted by Gasteiger charge is 2.51. The van der Waals surface area contributed by atoms with E-state index >= 15 is 0 Å². The molecule has 6 nitrogen and oxygen atoms in total. The molecule has 6 heteroatoms. The lowest BCUT2D eigenvalue weighted by Crippen LogP contribution is -2.49. The zero-order valence-corrected chi connectivity index (χ0v) is 10.2. The maximum absolute atomic E-state index is 11.4. The van der Waals surface area contributed by atoms with Crippen LogP contribution in [0, 0.1) is 0 Å². The van der Waals surface area contributed by atoms with Crippen LogP contribution in [0.3, 0.4) is 0 Å². The molecule has 19 heavy (non-hydrogen) atoms. The summed E-state index contributed by atoms with van der Waals surface area (Å²) in [6, 6.07) is 7.81. The van der Waals surface area contributed by atoms with E-state index in [0.29, 0.717) is 12.8 Å². The Bertz CT molecular complexity index is 532. The molecule has 1 aliphatic carbocycles. The van der Waals surface area contributed by atoms with Gasteiger partial charge in [-0.25, -0.2) is 9.59 Å². The van der Waals surface area contributed by atoms with Gasteiger partial charge in [-0.2, -0.15) is 0 Å². The molecule has 0 aromatic heterocycles. The first kappa shape index (κ1) is 11.8. The van der Waals surface area contributed by atoms with Gasteiger partial charge in [0.2, 0.25) is 0 Å². The van der Waals surface area contributed by atoms with Crippen molar-refractivity contribution in [2.24, 2.45) is 0 Å². The quantitative estimate of drug-likeness (QED) is 0.741. The monoisotopic (exact) mass is 262 g/mol. The summed E-state index contributed by atoms with van der Waals surface area (Å²) in [5.41, 5.74) is 1.59. The summed E-state index contributed by atoms with van der Waals surface area (Å²) in [4.78, 5) is 24.9. The van der Waals surface area contributed by atoms with Crippen LogP contribution < -0.4 is 0 Å². The Morgan fingerprint density at radius 1 is 1.05 bits per heavy atom. The molecule has 2 amide bonds. The third-order valence-corrected chi connectivity index (χ3v) is 4.03. The summed E-state index contributed by atoms with van der Waals surface area (Å²) in [7, 11) is 0. The Labute approximate surface area is 109 Å². The number of rotatable bonds is 0. The largest absolute Gasteiger partial charge is 0.465 e. The van der Waals surface area contributed by atoms with Gasteiger partial charge < -0.3 is 10.2 Å². The maximum atomic E-state index is 11.4. The van der Waals surface area contributed by atoms with Gasteiger partial charge in [0.15, 0.2) is 0 Å². The predicted molar refractivity (Wildman–Crippen MR) is 66.0 cm³/mol. The Kier molecular flexibility index (Phi) is 2.41. The highest BCUT2D eigenvalue weighted by Crippen LogP contribution is 2.38. The van der Waals surface area contributed by atoms with Gasteiger partial charge in [0, 0.05) is 6.54 Å². The first-order valence-electron chi connectivity index (χ1n) is 6.07. The van der Waals surface area contributed by atoms with E-state index in [1.165, 1.54) is 9.80 Å². The number of carbonyl (C=O) groups is 2. The standard InChI is InChI=1S/C13H14N2O4/c16-11(17)14-7-13(15(8-14)12(18)19)5-9-3-1-2-4-10(9)6-13/h1-4H,5-8H2,(H,16,17)(H,18,19). The highest BCUT2D eigenvalue weighted by atomic mass is 16.4. The summed E-state index contributed by atoms with van der Waals surface area (Å²) in [6.45, 7) is 0.169. The number of nitrogens with zero attached hydrogens (tertiary/aromatic N) is 2. The lowest BCUT2D eigenvalue weighted by molar-refractivity contribution is 0.106. The van der Waals surface area contributed by atoms with Crippen LogP contribution >= 0.6 is 0 Å². The molecular weight excluding hydrogens is 248 g/mol. The normalized spacial score (nSPS) is 19.8. The number of hydrogen-bond donors (Lipinski definition) is 2. The highest BCUT2D eigenvalue weighted by molar-refractivity contribution is 5.71. The van der Waals surface area contributed by atoms with Crippen LogP contribution in [0.2, 0.25) is 0 Å². The molecule has 100 valence electrons. The van der Waals surface area contributed by atoms with E-state index in [9.17, 15) is 14.7 Å². The minimum absolute atomic E-state index is 0.0708. The first-order chi connectivity index (χ1) is 9.02. The van der Waals surface area contributed by atoms with Gasteiger partial charge >= 0.3 is 12.2 Å². The van der Waals surface area contributed by atoms with Crippen molar-refractivity contribution in [3.8, 4) is 0 Å². The number of benzene rings is 1. The van der Waals surface area contributed by atoms with E-state index < -0.39 is 17.7 Å². The second kappa shape index (κ2) is 3.88. The van der Waals surface area contributed by atoms with E-state index in [0.717, 1.165) is 11.1 Å². The van der Waals surface area contributed by atoms with Crippen molar-refractivity contribution in [2.45, 2.75) is 18.4 Å². The molecule has 1 aromatic rings. The molecule has 1 saturated heterocycles. The van der Waals surface area contributed by atoms with Crippen molar-refractivity contribution in [1.29, 1.82) is 0 Å². The fourth-order valence-corrected chi connectivity index (χ4v) is 3.18. The van der Waals surface area contributed by atoms with Gasteiger partial charge in [0.05, 0.1) is 5.54 Å². The van der Waals surface area contributed by atoms with Crippen LogP contribution in [0.15, 0.2) is 24.3 Å². The molecule has 1 fully saturated rings. The summed E-state index contributed by atoms with van der Waals surface area (Å²) in [5.74, 6) is 0. The van der Waals surface area contributed by atoms with Crippen molar-refractivity contribution >= 4 is 12.2 Å². The molecule has 0 atom stereocenters. The Balaban J connectivity index is 1.95. The predicted octanol–water partition coefficient (Wildman–Crippen LogP) is 1.46. The Hall–Kier alpha value is -2.24. The van der Waals surface area contributed by atoms with Gasteiger partial charge in [-0.1, -0.05) is 24.3 Å². The van der Waals surface area contributed by atoms with Crippen molar-refractivity contribution in [3.63, 3.8) is 0 Å². The van der Waals surface area contributed by atoms with Crippen LogP contribution in [-0.4, -0.2) is 51.0 Å². The van der Waals surface area contributed by atoms with Crippen LogP contribution in [0.4, 0.5) is 9.59 Å². The molecule has 0 saturated carbocycles. The van der Waals surface area contributed by atoms with Crippen molar-refractivity contribution in [2.75, 3.05) is 13.2 Å². The topological polar surface area (TPSA) is 81.1 Å². The Morgan fingerprint density at radius 3 is 2.11 bits per heavy atom. The van der Waals surface area contributed by atoms with Gasteiger partial charge in [-0.3, -0.25) is 9.80 Å². The summed E-state index contributed by atoms with van der Waals surface area (Å²) in [6.07, 6.45) is -0.964. The third-order valence-electron chi connectivity index (χ3n) is 4.03. The average molecular weight is 262 g/mol. The lowest BCUT2D eigenvalue weighted by Gasteiger charge is -2.30. The fourth-order valence-electron chi connectivity index (χ4n) is 3.18. The minimum atomic E-state index is -1.07. The van der Waals surface area contributed by atoms with Crippen molar-refractivity contribution in [1.82, 2.24) is 9.80 Å². The van der Waals surface area contributed by atoms with Crippen LogP contribution in [0.1, 0.15) is 11.1 Å². The van der Waals surface area contributed by atoms with Crippen LogP contribution in [-0.2, 0) is 12.8 Å². The molecular formula is C13H14N2O4. The molecule has 1 aromatic carbocycles. The molecule has 0 unspecified atom stereocenters. The molecule has 0 radical (unpaired) electrons. The summed E-state index contributed by atoms with van der Waals surface area (Å²) >= 11 is 0. The zero-order chi connectivity index (χ0) is 13.6. The SMILES string of the molecule is O=C(O)N1CN(C(=O)O)C2(Cc3ccccc3C2)C1. The molecule has 0 bridgehead atoms. The van der Waals surface area contributed by atoms with Gasteiger partial charge in [0.25, 0.3) is 0 Å². The van der Waals surface area contributed by atoms with Gasteiger partial charge in [-0.05, 0) is 24.0 Å². The van der Waals surface area contributed by atoms with Crippen molar-refractivity contribution in [3.05, 3.63) is 35.4 Å². The lowest BCUT2D eigenvalue weighted by atomic mass is 9.95. The Morgan fingerprint density at radius 2 is 1.63 bits per heavy atom. The number of hydrogen-bond acceptors (Lipinski definition) is 2. The first-order valence-corrected chi connectivity index (χ1v) is 6.07. The van der Waals surface area contributed by atoms with E-state index in [2.05, 4.69) is 0 Å². The molecule has 1 heterocycles. The number of amides is 2. The second-order valence-electron chi connectivity index (χ2n) is 5.18. The zero-order valence-electron chi connectivity index (χ0n) is 10.2.